The molecule has 2 aliphatic carbocycles. The lowest BCUT2D eigenvalue weighted by Gasteiger charge is -2.29. The molecule has 0 bridgehead atoms. The molecule has 0 radical (unpaired) electrons. The van der Waals surface area contributed by atoms with Gasteiger partial charge in [0, 0.05) is 95.3 Å². The third kappa shape index (κ3) is 2.09. The predicted octanol–water partition coefficient (Wildman–Crippen LogP) is 15.3. The van der Waals surface area contributed by atoms with Gasteiger partial charge >= 0.3 is 0 Å². The molecule has 0 saturated heterocycles. The highest BCUT2D eigenvalue weighted by Crippen LogP contribution is 2.71. The molecule has 218 valence electrons. The van der Waals surface area contributed by atoms with Crippen LogP contribution >= 0.6 is 68.4 Å². The van der Waals surface area contributed by atoms with Crippen LogP contribution in [-0.4, -0.2) is 0 Å². The summed E-state index contributed by atoms with van der Waals surface area (Å²) in [6.45, 7) is 0. The van der Waals surface area contributed by atoms with Gasteiger partial charge < -0.3 is 0 Å². The maximum absolute atomic E-state index is 2.53. The number of fused-ring (bicyclic) bond motifs is 6. The molecule has 13 aromatic rings. The number of hydrogen-bond donors (Lipinski definition) is 0. The second-order valence-electron chi connectivity index (χ2n) is 14.1. The summed E-state index contributed by atoms with van der Waals surface area (Å²) in [5.74, 6) is 0.355. The zero-order valence-electron chi connectivity index (χ0n) is 24.5. The van der Waals surface area contributed by atoms with Crippen LogP contribution in [0.1, 0.15) is 27.2 Å². The Hall–Kier alpha value is -3.75. The van der Waals surface area contributed by atoms with Crippen LogP contribution < -0.4 is 0 Å². The van der Waals surface area contributed by atoms with Gasteiger partial charge in [0.25, 0.3) is 0 Å². The van der Waals surface area contributed by atoms with Crippen LogP contribution in [0.4, 0.5) is 0 Å². The van der Waals surface area contributed by atoms with Gasteiger partial charge in [-0.05, 0) is 72.6 Å². The summed E-state index contributed by atoms with van der Waals surface area (Å²) < 4.78 is 8.84. The van der Waals surface area contributed by atoms with Crippen LogP contribution in [0.5, 0.6) is 0 Å². The van der Waals surface area contributed by atoms with Crippen LogP contribution in [0.25, 0.3) is 126 Å². The zero-order chi connectivity index (χ0) is 30.0. The molecule has 3 aliphatic rings. The molecule has 16 rings (SSSR count). The largest absolute Gasteiger partial charge is 0.146 e. The number of hydrogen-bond acceptors (Lipinski definition) is 6. The molecule has 0 amide bonds. The van der Waals surface area contributed by atoms with E-state index >= 15 is 0 Å². The second-order valence-corrected chi connectivity index (χ2v) is 20.0. The van der Waals surface area contributed by atoms with E-state index in [1.165, 1.54) is 103 Å². The summed E-state index contributed by atoms with van der Waals surface area (Å²) >= 11 is 12.2. The minimum atomic E-state index is 0.355. The van der Waals surface area contributed by atoms with Gasteiger partial charge in [-0.25, -0.2) is 0 Å². The monoisotopic (exact) mass is 710 g/mol. The van der Waals surface area contributed by atoms with Gasteiger partial charge in [0.15, 0.2) is 0 Å². The fourth-order valence-corrected chi connectivity index (χ4v) is 18.7. The summed E-state index contributed by atoms with van der Waals surface area (Å²) in [4.78, 5) is 3.09. The van der Waals surface area contributed by atoms with E-state index < -0.39 is 0 Å². The van der Waals surface area contributed by atoms with Crippen molar-refractivity contribution in [3.63, 3.8) is 0 Å². The highest BCUT2D eigenvalue weighted by Gasteiger charge is 2.47. The van der Waals surface area contributed by atoms with Crippen molar-refractivity contribution in [3.8, 4) is 11.1 Å². The molecule has 0 fully saturated rings. The molecule has 2 atom stereocenters. The first-order valence-corrected chi connectivity index (χ1v) is 21.5. The van der Waals surface area contributed by atoms with Gasteiger partial charge in [-0.1, -0.05) is 36.4 Å². The first-order chi connectivity index (χ1) is 23.8. The van der Waals surface area contributed by atoms with Gasteiger partial charge in [-0.3, -0.25) is 0 Å². The number of rotatable bonds is 0. The van der Waals surface area contributed by atoms with Crippen molar-refractivity contribution in [2.75, 3.05) is 0 Å². The van der Waals surface area contributed by atoms with E-state index in [2.05, 4.69) is 82.5 Å². The van der Waals surface area contributed by atoms with Crippen molar-refractivity contribution >= 4 is 183 Å². The van der Waals surface area contributed by atoms with Gasteiger partial charge in [-0.15, -0.1) is 68.4 Å². The molecular formula is C42H14S6. The quantitative estimate of drug-likeness (QED) is 0.141. The number of thioether (sulfide) groups is 1. The van der Waals surface area contributed by atoms with Crippen LogP contribution in [0, 0.1) is 0 Å². The lowest BCUT2D eigenvalue weighted by atomic mass is 9.76. The van der Waals surface area contributed by atoms with Crippen LogP contribution in [-0.2, 0) is 0 Å². The lowest BCUT2D eigenvalue weighted by Crippen LogP contribution is -2.10. The first-order valence-electron chi connectivity index (χ1n) is 16.4. The van der Waals surface area contributed by atoms with Crippen molar-refractivity contribution in [1.82, 2.24) is 0 Å². The van der Waals surface area contributed by atoms with Crippen LogP contribution in [0.2, 0.25) is 0 Å². The Morgan fingerprint density at radius 1 is 0.417 bits per heavy atom. The van der Waals surface area contributed by atoms with Gasteiger partial charge in [0.1, 0.15) is 0 Å². The third-order valence-corrected chi connectivity index (χ3v) is 19.6. The molecule has 5 aromatic heterocycles. The Labute approximate surface area is 294 Å². The van der Waals surface area contributed by atoms with E-state index in [1.807, 2.05) is 56.7 Å². The number of benzene rings is 6. The highest BCUT2D eigenvalue weighted by atomic mass is 32.2. The molecule has 0 N–H and O–H groups in total. The van der Waals surface area contributed by atoms with Crippen molar-refractivity contribution in [3.05, 3.63) is 86.7 Å². The van der Waals surface area contributed by atoms with E-state index in [-0.39, 0.29) is 0 Å². The normalized spacial score (nSPS) is 18.3. The molecule has 0 nitrogen and oxygen atoms in total. The summed E-state index contributed by atoms with van der Waals surface area (Å²) in [5, 5.41) is 32.2. The van der Waals surface area contributed by atoms with Crippen molar-refractivity contribution in [2.45, 2.75) is 16.1 Å². The summed E-state index contributed by atoms with van der Waals surface area (Å²) in [6, 6.07) is 21.5. The minimum absolute atomic E-state index is 0.355. The Bertz CT molecular complexity index is 3720. The summed E-state index contributed by atoms with van der Waals surface area (Å²) in [6.07, 6.45) is 0. The maximum Gasteiger partial charge on any atom is 0.0555 e. The van der Waals surface area contributed by atoms with Crippen molar-refractivity contribution in [1.29, 1.82) is 0 Å². The Balaban J connectivity index is 1.44. The van der Waals surface area contributed by atoms with Crippen molar-refractivity contribution < 1.29 is 0 Å². The predicted molar refractivity (Wildman–Crippen MR) is 218 cm³/mol. The summed E-state index contributed by atoms with van der Waals surface area (Å²) in [5.41, 5.74) is 6.18. The molecular weight excluding hydrogens is 697 g/mol. The first kappa shape index (κ1) is 23.6. The topological polar surface area (TPSA) is 0 Å². The van der Waals surface area contributed by atoms with Gasteiger partial charge in [0.2, 0.25) is 0 Å². The highest BCUT2D eigenvalue weighted by molar-refractivity contribution is 8.00. The Kier molecular flexibility index (Phi) is 3.49. The lowest BCUT2D eigenvalue weighted by molar-refractivity contribution is 0.824. The smallest absolute Gasteiger partial charge is 0.0555 e. The molecule has 6 heterocycles. The second kappa shape index (κ2) is 7.10. The summed E-state index contributed by atoms with van der Waals surface area (Å²) in [7, 11) is 0. The molecule has 48 heavy (non-hydrogen) atoms. The zero-order valence-corrected chi connectivity index (χ0v) is 29.4. The minimum Gasteiger partial charge on any atom is -0.146 e. The molecule has 1 aliphatic heterocycles. The number of thiophene rings is 5. The molecule has 2 unspecified atom stereocenters. The fourth-order valence-electron chi connectivity index (χ4n) is 10.9. The maximum atomic E-state index is 2.53. The average molecular weight is 711 g/mol. The van der Waals surface area contributed by atoms with E-state index in [4.69, 9.17) is 0 Å². The fraction of sp³-hybridized carbons (Fsp3) is 0.0476. The van der Waals surface area contributed by atoms with Crippen LogP contribution in [0.15, 0.2) is 75.6 Å². The van der Waals surface area contributed by atoms with Gasteiger partial charge in [0.05, 0.1) is 24.0 Å². The standard InChI is InChI=1S/C42H14S6/c1-4-13-16-10-43-37-25(16)28-31-29-26-17(11-44-38(26)40-34(31)22(13)19(7-1)46-40)14-5-2-9-21-24(14)36-33(29)30-27-18(12-45-39(27)42(36)48-21)15-6-3-8-20-23(15)35(32(28)30)41(37)47-20/h1-12,34,40H. The molecule has 8 aromatic carbocycles. The third-order valence-electron chi connectivity index (χ3n) is 12.4. The SMILES string of the molecule is c1cc2c3c(c1)-c1csc4c5sc6cccc7c8csc9c%10sc%11cccc%12c%13csc%14c%13c%13c(c(c14)c(c5c67)c(c89)c%13c%10c%11%12)C3C%14S2. The molecule has 0 spiro atoms. The van der Waals surface area contributed by atoms with E-state index in [1.54, 1.807) is 42.9 Å². The van der Waals surface area contributed by atoms with Gasteiger partial charge in [-0.2, -0.15) is 0 Å². The average Bonchev–Trinajstić information content (AvgIpc) is 3.94. The molecule has 6 heteroatoms. The van der Waals surface area contributed by atoms with E-state index in [0.29, 0.717) is 11.2 Å². The van der Waals surface area contributed by atoms with E-state index in [9.17, 15) is 0 Å². The van der Waals surface area contributed by atoms with Crippen LogP contribution in [0.3, 0.4) is 0 Å². The molecule has 0 saturated carbocycles. The Morgan fingerprint density at radius 2 is 1.06 bits per heavy atom. The Morgan fingerprint density at radius 3 is 1.85 bits per heavy atom. The van der Waals surface area contributed by atoms with E-state index in [0.717, 1.165) is 0 Å². The van der Waals surface area contributed by atoms with Crippen molar-refractivity contribution in [2.24, 2.45) is 0 Å².